The van der Waals surface area contributed by atoms with Crippen molar-refractivity contribution in [3.63, 3.8) is 0 Å². The molecule has 7 heteroatoms. The summed E-state index contributed by atoms with van der Waals surface area (Å²) in [5, 5.41) is 12.2. The fourth-order valence-electron chi connectivity index (χ4n) is 2.64. The third-order valence-electron chi connectivity index (χ3n) is 4.18. The van der Waals surface area contributed by atoms with E-state index in [1.54, 1.807) is 24.3 Å². The summed E-state index contributed by atoms with van der Waals surface area (Å²) < 4.78 is 6.37. The zero-order chi connectivity index (χ0) is 19.4. The molecule has 3 rings (SSSR count). The van der Waals surface area contributed by atoms with E-state index in [1.807, 2.05) is 31.2 Å². The van der Waals surface area contributed by atoms with Crippen molar-refractivity contribution in [3.8, 4) is 5.75 Å². The number of aromatic nitrogens is 1. The summed E-state index contributed by atoms with van der Waals surface area (Å²) in [6.45, 7) is 1.90. The third-order valence-corrected chi connectivity index (χ3v) is 4.71. The number of amides is 1. The summed E-state index contributed by atoms with van der Waals surface area (Å²) in [6.07, 6.45) is 1.80. The number of halogens is 1. The van der Waals surface area contributed by atoms with Crippen LogP contribution in [0.1, 0.15) is 46.5 Å². The molecule has 2 atom stereocenters. The third kappa shape index (κ3) is 4.96. The van der Waals surface area contributed by atoms with Gasteiger partial charge in [-0.1, -0.05) is 40.2 Å². The van der Waals surface area contributed by atoms with Crippen molar-refractivity contribution in [1.29, 1.82) is 0 Å². The van der Waals surface area contributed by atoms with E-state index < -0.39 is 6.04 Å². The molecule has 0 saturated carbocycles. The summed E-state index contributed by atoms with van der Waals surface area (Å²) in [6, 6.07) is 13.8. The predicted molar refractivity (Wildman–Crippen MR) is 105 cm³/mol. The van der Waals surface area contributed by atoms with Gasteiger partial charge >= 0.3 is 0 Å². The summed E-state index contributed by atoms with van der Waals surface area (Å²) >= 11 is 3.39. The van der Waals surface area contributed by atoms with Crippen molar-refractivity contribution < 1.29 is 14.3 Å². The molecule has 2 aromatic carbocycles. The normalized spacial score (nSPS) is 13.1. The minimum absolute atomic E-state index is 0.170. The number of nitrogens with zero attached hydrogens (tertiary/aromatic N) is 1. The first-order valence-electron chi connectivity index (χ1n) is 8.47. The molecule has 0 fully saturated rings. The minimum atomic E-state index is -0.486. The zero-order valence-electron chi connectivity index (χ0n) is 14.7. The van der Waals surface area contributed by atoms with E-state index in [2.05, 4.69) is 26.2 Å². The Bertz CT molecular complexity index is 907. The van der Waals surface area contributed by atoms with Gasteiger partial charge in [0.25, 0.3) is 5.91 Å². The lowest BCUT2D eigenvalue weighted by molar-refractivity contribution is 0.0934. The number of carbonyl (C=O) groups is 1. The number of oxazole rings is 1. The van der Waals surface area contributed by atoms with Gasteiger partial charge in [-0.15, -0.1) is 0 Å². The molecule has 4 N–H and O–H groups in total. The summed E-state index contributed by atoms with van der Waals surface area (Å²) in [5.41, 5.74) is 8.24. The Morgan fingerprint density at radius 1 is 1.22 bits per heavy atom. The van der Waals surface area contributed by atoms with Crippen LogP contribution in [0.3, 0.4) is 0 Å². The van der Waals surface area contributed by atoms with Gasteiger partial charge in [0.1, 0.15) is 12.0 Å². The molecule has 0 aliphatic carbocycles. The number of nitrogens with one attached hydrogen (secondary N) is 1. The van der Waals surface area contributed by atoms with Crippen molar-refractivity contribution in [1.82, 2.24) is 10.3 Å². The fourth-order valence-corrected chi connectivity index (χ4v) is 2.91. The Morgan fingerprint density at radius 2 is 1.89 bits per heavy atom. The van der Waals surface area contributed by atoms with Crippen LogP contribution in [0.25, 0.3) is 0 Å². The number of rotatable bonds is 6. The van der Waals surface area contributed by atoms with Crippen LogP contribution in [0.2, 0.25) is 0 Å². The molecule has 0 aliphatic heterocycles. The first-order chi connectivity index (χ1) is 12.9. The SMILES string of the molecule is CC(NC(=O)c1coc(C(N)Cc2ccc(O)cc2)n1)c1ccc(Br)cc1. The van der Waals surface area contributed by atoms with Crippen LogP contribution in [0, 0.1) is 0 Å². The molecular formula is C20H20BrN3O3. The van der Waals surface area contributed by atoms with Gasteiger partial charge in [-0.05, 0) is 48.7 Å². The second kappa shape index (κ2) is 8.37. The molecule has 1 heterocycles. The lowest BCUT2D eigenvalue weighted by Gasteiger charge is -2.13. The minimum Gasteiger partial charge on any atom is -0.508 e. The number of hydrogen-bond acceptors (Lipinski definition) is 5. The van der Waals surface area contributed by atoms with Crippen LogP contribution < -0.4 is 11.1 Å². The van der Waals surface area contributed by atoms with Gasteiger partial charge in [0.15, 0.2) is 5.69 Å². The molecule has 3 aromatic rings. The van der Waals surface area contributed by atoms with Crippen LogP contribution in [-0.2, 0) is 6.42 Å². The summed E-state index contributed by atoms with van der Waals surface area (Å²) in [7, 11) is 0. The van der Waals surface area contributed by atoms with Crippen LogP contribution >= 0.6 is 15.9 Å². The molecule has 0 saturated heterocycles. The van der Waals surface area contributed by atoms with Gasteiger partial charge in [0.2, 0.25) is 5.89 Å². The van der Waals surface area contributed by atoms with Crippen LogP contribution in [0.15, 0.2) is 63.7 Å². The molecule has 0 bridgehead atoms. The molecule has 27 heavy (non-hydrogen) atoms. The molecule has 1 amide bonds. The molecule has 2 unspecified atom stereocenters. The van der Waals surface area contributed by atoms with Gasteiger partial charge in [-0.3, -0.25) is 4.79 Å². The maximum atomic E-state index is 12.4. The van der Waals surface area contributed by atoms with E-state index in [0.717, 1.165) is 15.6 Å². The van der Waals surface area contributed by atoms with Crippen LogP contribution in [-0.4, -0.2) is 16.0 Å². The topological polar surface area (TPSA) is 101 Å². The number of phenolic OH excluding ortho intramolecular Hbond substituents is 1. The highest BCUT2D eigenvalue weighted by atomic mass is 79.9. The molecule has 0 aliphatic rings. The Morgan fingerprint density at radius 3 is 2.56 bits per heavy atom. The number of nitrogens with two attached hydrogens (primary N) is 1. The molecule has 1 aromatic heterocycles. The van der Waals surface area contributed by atoms with Crippen LogP contribution in [0.5, 0.6) is 5.75 Å². The van der Waals surface area contributed by atoms with Crippen molar-refractivity contribution in [2.75, 3.05) is 0 Å². The van der Waals surface area contributed by atoms with Crippen molar-refractivity contribution in [2.24, 2.45) is 5.73 Å². The number of phenols is 1. The van der Waals surface area contributed by atoms with Crippen molar-refractivity contribution in [2.45, 2.75) is 25.4 Å². The number of carbonyl (C=O) groups excluding carboxylic acids is 1. The van der Waals surface area contributed by atoms with E-state index in [0.29, 0.717) is 12.3 Å². The molecule has 0 radical (unpaired) electrons. The highest BCUT2D eigenvalue weighted by Gasteiger charge is 2.19. The van der Waals surface area contributed by atoms with Gasteiger partial charge in [0.05, 0.1) is 12.1 Å². The zero-order valence-corrected chi connectivity index (χ0v) is 16.3. The Kier molecular flexibility index (Phi) is 5.93. The summed E-state index contributed by atoms with van der Waals surface area (Å²) in [4.78, 5) is 16.6. The van der Waals surface area contributed by atoms with Crippen molar-refractivity contribution in [3.05, 3.63) is 82.0 Å². The van der Waals surface area contributed by atoms with E-state index in [9.17, 15) is 9.90 Å². The standard InChI is InChI=1S/C20H20BrN3O3/c1-12(14-4-6-15(21)7-5-14)23-19(26)18-11-27-20(24-18)17(22)10-13-2-8-16(25)9-3-13/h2-9,11-12,17,25H,10,22H2,1H3,(H,23,26). The quantitative estimate of drug-likeness (QED) is 0.551. The Balaban J connectivity index is 1.62. The van der Waals surface area contributed by atoms with E-state index in [4.69, 9.17) is 10.2 Å². The molecule has 6 nitrogen and oxygen atoms in total. The van der Waals surface area contributed by atoms with Gasteiger partial charge in [-0.25, -0.2) is 4.98 Å². The van der Waals surface area contributed by atoms with E-state index >= 15 is 0 Å². The van der Waals surface area contributed by atoms with Gasteiger partial charge in [0, 0.05) is 4.47 Å². The smallest absolute Gasteiger partial charge is 0.273 e. The van der Waals surface area contributed by atoms with E-state index in [-0.39, 0.29) is 23.4 Å². The van der Waals surface area contributed by atoms with Crippen LogP contribution in [0.4, 0.5) is 0 Å². The number of aromatic hydroxyl groups is 1. The monoisotopic (exact) mass is 429 g/mol. The van der Waals surface area contributed by atoms with Crippen molar-refractivity contribution >= 4 is 21.8 Å². The second-order valence-corrected chi connectivity index (χ2v) is 7.21. The predicted octanol–water partition coefficient (Wildman–Crippen LogP) is 3.88. The highest BCUT2D eigenvalue weighted by molar-refractivity contribution is 9.10. The first kappa shape index (κ1) is 19.1. The highest BCUT2D eigenvalue weighted by Crippen LogP contribution is 2.19. The molecule has 140 valence electrons. The average Bonchev–Trinajstić information content (AvgIpc) is 3.14. The fraction of sp³-hybridized carbons (Fsp3) is 0.200. The van der Waals surface area contributed by atoms with Gasteiger partial charge < -0.3 is 20.6 Å². The Hall–Kier alpha value is -2.64. The lowest BCUT2D eigenvalue weighted by atomic mass is 10.1. The second-order valence-electron chi connectivity index (χ2n) is 6.29. The largest absolute Gasteiger partial charge is 0.508 e. The lowest BCUT2D eigenvalue weighted by Crippen LogP contribution is -2.27. The maximum absolute atomic E-state index is 12.4. The maximum Gasteiger partial charge on any atom is 0.273 e. The molecule has 0 spiro atoms. The number of benzene rings is 2. The number of hydrogen-bond donors (Lipinski definition) is 3. The van der Waals surface area contributed by atoms with Gasteiger partial charge in [-0.2, -0.15) is 0 Å². The summed E-state index contributed by atoms with van der Waals surface area (Å²) in [5.74, 6) is 0.170. The average molecular weight is 430 g/mol. The van der Waals surface area contributed by atoms with E-state index in [1.165, 1.54) is 6.26 Å². The Labute approximate surface area is 165 Å². The molecular weight excluding hydrogens is 410 g/mol. The first-order valence-corrected chi connectivity index (χ1v) is 9.27.